The van der Waals surface area contributed by atoms with E-state index in [-0.39, 0.29) is 18.5 Å². The molecule has 2 saturated heterocycles. The maximum absolute atomic E-state index is 11.6. The molecule has 2 aliphatic rings. The molecule has 0 radical (unpaired) electrons. The van der Waals surface area contributed by atoms with E-state index in [1.165, 1.54) is 10.6 Å². The molecule has 1 atom stereocenters. The number of nitrogens with zero attached hydrogens (tertiary/aromatic N) is 4. The first kappa shape index (κ1) is 15.0. The minimum Gasteiger partial charge on any atom is -0.329 e. The number of nitrogens with one attached hydrogen (secondary N) is 1. The van der Waals surface area contributed by atoms with Crippen LogP contribution in [0, 0.1) is 13.8 Å². The fraction of sp³-hybridized carbons (Fsp3) is 0.667. The summed E-state index contributed by atoms with van der Waals surface area (Å²) in [5.74, 6) is -0.126. The molecule has 0 spiro atoms. The van der Waals surface area contributed by atoms with Gasteiger partial charge in [-0.25, -0.2) is 4.79 Å². The van der Waals surface area contributed by atoms with Crippen LogP contribution in [0.2, 0.25) is 0 Å². The zero-order valence-corrected chi connectivity index (χ0v) is 13.2. The zero-order chi connectivity index (χ0) is 15.7. The summed E-state index contributed by atoms with van der Waals surface area (Å²) in [7, 11) is 0. The smallest absolute Gasteiger partial charge is 0.324 e. The highest BCUT2D eigenvalue weighted by atomic mass is 16.2. The standard InChI is InChI=1S/C15H23N5O2/c1-11-8-12(2)20(17-11)10-13-4-3-5-18(13)6-7-19-14(21)9-16-15(19)22/h8,13H,3-7,9-10H2,1-2H3,(H,16,22). The molecule has 3 heterocycles. The van der Waals surface area contributed by atoms with Gasteiger partial charge in [0.1, 0.15) is 0 Å². The molecule has 1 aromatic rings. The zero-order valence-electron chi connectivity index (χ0n) is 13.2. The van der Waals surface area contributed by atoms with Crippen molar-refractivity contribution in [2.45, 2.75) is 39.3 Å². The molecule has 0 bridgehead atoms. The van der Waals surface area contributed by atoms with Crippen LogP contribution in [-0.4, -0.2) is 63.7 Å². The largest absolute Gasteiger partial charge is 0.329 e. The summed E-state index contributed by atoms with van der Waals surface area (Å²) in [6.45, 7) is 7.32. The second-order valence-corrected chi connectivity index (χ2v) is 6.15. The minimum absolute atomic E-state index is 0.126. The molecule has 2 fully saturated rings. The molecular weight excluding hydrogens is 282 g/mol. The molecule has 7 nitrogen and oxygen atoms in total. The van der Waals surface area contributed by atoms with Gasteiger partial charge in [-0.05, 0) is 39.3 Å². The lowest BCUT2D eigenvalue weighted by atomic mass is 10.2. The van der Waals surface area contributed by atoms with E-state index in [2.05, 4.69) is 33.0 Å². The summed E-state index contributed by atoms with van der Waals surface area (Å²) in [6, 6.07) is 2.25. The maximum atomic E-state index is 11.6. The van der Waals surface area contributed by atoms with Crippen LogP contribution in [0.4, 0.5) is 4.79 Å². The molecule has 22 heavy (non-hydrogen) atoms. The lowest BCUT2D eigenvalue weighted by Crippen LogP contribution is -2.41. The van der Waals surface area contributed by atoms with Gasteiger partial charge in [0.2, 0.25) is 5.91 Å². The monoisotopic (exact) mass is 305 g/mol. The van der Waals surface area contributed by atoms with Crippen LogP contribution in [0.3, 0.4) is 0 Å². The highest BCUT2D eigenvalue weighted by molar-refractivity contribution is 6.01. The number of aromatic nitrogens is 2. The molecule has 1 unspecified atom stereocenters. The first-order valence-electron chi connectivity index (χ1n) is 7.88. The van der Waals surface area contributed by atoms with Gasteiger partial charge < -0.3 is 5.32 Å². The summed E-state index contributed by atoms with van der Waals surface area (Å²) in [4.78, 5) is 26.9. The van der Waals surface area contributed by atoms with Crippen molar-refractivity contribution in [3.05, 3.63) is 17.5 Å². The van der Waals surface area contributed by atoms with E-state index in [0.29, 0.717) is 12.6 Å². The van der Waals surface area contributed by atoms with Crippen molar-refractivity contribution in [1.82, 2.24) is 24.9 Å². The Morgan fingerprint density at radius 3 is 2.77 bits per heavy atom. The van der Waals surface area contributed by atoms with E-state index in [1.807, 2.05) is 6.92 Å². The average molecular weight is 305 g/mol. The highest BCUT2D eigenvalue weighted by Crippen LogP contribution is 2.19. The Balaban J connectivity index is 1.58. The molecule has 0 aromatic carbocycles. The molecule has 1 N–H and O–H groups in total. The summed E-state index contributed by atoms with van der Waals surface area (Å²) in [5, 5.41) is 7.09. The minimum atomic E-state index is -0.265. The third-order valence-corrected chi connectivity index (χ3v) is 4.53. The number of carbonyl (C=O) groups excluding carboxylic acids is 2. The summed E-state index contributed by atoms with van der Waals surface area (Å²) >= 11 is 0. The number of carbonyl (C=O) groups is 2. The van der Waals surface area contributed by atoms with Crippen LogP contribution in [0.5, 0.6) is 0 Å². The molecule has 0 aliphatic carbocycles. The van der Waals surface area contributed by atoms with Gasteiger partial charge in [-0.15, -0.1) is 0 Å². The Labute approximate surface area is 130 Å². The summed E-state index contributed by atoms with van der Waals surface area (Å²) in [6.07, 6.45) is 2.29. The topological polar surface area (TPSA) is 70.5 Å². The van der Waals surface area contributed by atoms with Crippen LogP contribution >= 0.6 is 0 Å². The van der Waals surface area contributed by atoms with E-state index in [1.54, 1.807) is 0 Å². The van der Waals surface area contributed by atoms with Gasteiger partial charge in [0.05, 0.1) is 18.8 Å². The van der Waals surface area contributed by atoms with E-state index in [4.69, 9.17) is 0 Å². The van der Waals surface area contributed by atoms with Gasteiger partial charge in [0.25, 0.3) is 0 Å². The molecule has 0 saturated carbocycles. The normalized spacial score (nSPS) is 22.6. The van der Waals surface area contributed by atoms with E-state index >= 15 is 0 Å². The van der Waals surface area contributed by atoms with Gasteiger partial charge in [0, 0.05) is 24.8 Å². The van der Waals surface area contributed by atoms with Crippen molar-refractivity contribution >= 4 is 11.9 Å². The molecule has 2 aliphatic heterocycles. The molecule has 7 heteroatoms. The number of likely N-dealkylation sites (tertiary alicyclic amines) is 1. The number of hydrogen-bond acceptors (Lipinski definition) is 4. The number of hydrogen-bond donors (Lipinski definition) is 1. The third-order valence-electron chi connectivity index (χ3n) is 4.53. The van der Waals surface area contributed by atoms with E-state index < -0.39 is 0 Å². The average Bonchev–Trinajstić information content (AvgIpc) is 3.12. The Kier molecular flexibility index (Phi) is 4.15. The predicted octanol–water partition coefficient (Wildman–Crippen LogP) is 0.516. The van der Waals surface area contributed by atoms with Crippen molar-refractivity contribution < 1.29 is 9.59 Å². The lowest BCUT2D eigenvalue weighted by molar-refractivity contribution is -0.125. The number of aryl methyl sites for hydroxylation is 2. The second-order valence-electron chi connectivity index (χ2n) is 6.15. The van der Waals surface area contributed by atoms with Crippen LogP contribution in [-0.2, 0) is 11.3 Å². The first-order chi connectivity index (χ1) is 10.5. The van der Waals surface area contributed by atoms with Crippen molar-refractivity contribution in [3.63, 3.8) is 0 Å². The molecule has 1 aromatic heterocycles. The third kappa shape index (κ3) is 2.99. The Bertz CT molecular complexity index is 566. The van der Waals surface area contributed by atoms with Crippen LogP contribution in [0.15, 0.2) is 6.07 Å². The lowest BCUT2D eigenvalue weighted by Gasteiger charge is -2.26. The van der Waals surface area contributed by atoms with Crippen molar-refractivity contribution in [2.24, 2.45) is 0 Å². The highest BCUT2D eigenvalue weighted by Gasteiger charge is 2.31. The van der Waals surface area contributed by atoms with Crippen molar-refractivity contribution in [2.75, 3.05) is 26.2 Å². The predicted molar refractivity (Wildman–Crippen MR) is 81.4 cm³/mol. The van der Waals surface area contributed by atoms with Gasteiger partial charge in [-0.1, -0.05) is 0 Å². The van der Waals surface area contributed by atoms with Gasteiger partial charge in [-0.3, -0.25) is 19.3 Å². The fourth-order valence-corrected chi connectivity index (χ4v) is 3.37. The molecule has 120 valence electrons. The number of amides is 3. The fourth-order valence-electron chi connectivity index (χ4n) is 3.37. The van der Waals surface area contributed by atoms with Crippen LogP contribution < -0.4 is 5.32 Å². The maximum Gasteiger partial charge on any atom is 0.324 e. The van der Waals surface area contributed by atoms with E-state index in [9.17, 15) is 9.59 Å². The first-order valence-corrected chi connectivity index (χ1v) is 7.88. The summed E-state index contributed by atoms with van der Waals surface area (Å²) in [5.41, 5.74) is 2.22. The van der Waals surface area contributed by atoms with Crippen molar-refractivity contribution in [1.29, 1.82) is 0 Å². The van der Waals surface area contributed by atoms with Crippen LogP contribution in [0.25, 0.3) is 0 Å². The SMILES string of the molecule is Cc1cc(C)n(CC2CCCN2CCN2C(=O)CNC2=O)n1. The quantitative estimate of drug-likeness (QED) is 0.805. The van der Waals surface area contributed by atoms with Gasteiger partial charge in [-0.2, -0.15) is 5.10 Å². The second kappa shape index (κ2) is 6.08. The molecular formula is C15H23N5O2. The Hall–Kier alpha value is -1.89. The van der Waals surface area contributed by atoms with Gasteiger partial charge in [0.15, 0.2) is 0 Å². The van der Waals surface area contributed by atoms with Crippen molar-refractivity contribution in [3.8, 4) is 0 Å². The Morgan fingerprint density at radius 2 is 2.14 bits per heavy atom. The van der Waals surface area contributed by atoms with Crippen LogP contribution in [0.1, 0.15) is 24.2 Å². The van der Waals surface area contributed by atoms with Gasteiger partial charge >= 0.3 is 6.03 Å². The number of imide groups is 1. The van der Waals surface area contributed by atoms with E-state index in [0.717, 1.165) is 38.2 Å². The number of urea groups is 1. The Morgan fingerprint density at radius 1 is 1.32 bits per heavy atom. The summed E-state index contributed by atoms with van der Waals surface area (Å²) < 4.78 is 2.06. The number of rotatable bonds is 5. The molecule has 3 amide bonds. The molecule has 3 rings (SSSR count).